The monoisotopic (exact) mass is 220 g/mol. The quantitative estimate of drug-likeness (QED) is 0.852. The Labute approximate surface area is 92.7 Å². The molecule has 2 heterocycles. The van der Waals surface area contributed by atoms with Crippen molar-refractivity contribution in [1.82, 2.24) is 19.0 Å². The van der Waals surface area contributed by atoms with E-state index in [1.54, 1.807) is 12.4 Å². The van der Waals surface area contributed by atoms with Crippen molar-refractivity contribution < 1.29 is 0 Å². The fourth-order valence-electron chi connectivity index (χ4n) is 1.54. The van der Waals surface area contributed by atoms with Crippen LogP contribution in [-0.2, 0) is 0 Å². The van der Waals surface area contributed by atoms with Gasteiger partial charge in [0.15, 0.2) is 0 Å². The van der Waals surface area contributed by atoms with Crippen LogP contribution in [0.25, 0.3) is 0 Å². The van der Waals surface area contributed by atoms with Crippen LogP contribution in [0.1, 0.15) is 22.9 Å². The van der Waals surface area contributed by atoms with Gasteiger partial charge in [-0.2, -0.15) is 8.75 Å². The van der Waals surface area contributed by atoms with E-state index >= 15 is 0 Å². The number of aryl methyl sites for hydroxylation is 1. The maximum atomic E-state index is 4.25. The first-order valence-corrected chi connectivity index (χ1v) is 5.41. The summed E-state index contributed by atoms with van der Waals surface area (Å²) in [6.45, 7) is 2.07. The average Bonchev–Trinajstić information content (AvgIpc) is 2.75. The SMILES string of the molecule is CNC(c1cnsn1)c1cnccc1C. The van der Waals surface area contributed by atoms with Gasteiger partial charge in [-0.05, 0) is 31.2 Å². The van der Waals surface area contributed by atoms with Gasteiger partial charge in [0.1, 0.15) is 0 Å². The summed E-state index contributed by atoms with van der Waals surface area (Å²) in [5.74, 6) is 0. The van der Waals surface area contributed by atoms with Gasteiger partial charge in [0.25, 0.3) is 0 Å². The van der Waals surface area contributed by atoms with Gasteiger partial charge in [-0.3, -0.25) is 4.98 Å². The molecular weight excluding hydrogens is 208 g/mol. The minimum atomic E-state index is 0.0810. The highest BCUT2D eigenvalue weighted by Crippen LogP contribution is 2.22. The molecule has 0 radical (unpaired) electrons. The molecule has 1 N–H and O–H groups in total. The van der Waals surface area contributed by atoms with Gasteiger partial charge < -0.3 is 5.32 Å². The topological polar surface area (TPSA) is 50.7 Å². The number of rotatable bonds is 3. The first kappa shape index (κ1) is 10.2. The number of pyridine rings is 1. The summed E-state index contributed by atoms with van der Waals surface area (Å²) in [6, 6.07) is 2.08. The predicted octanol–water partition coefficient (Wildman–Crippen LogP) is 1.55. The summed E-state index contributed by atoms with van der Waals surface area (Å²) < 4.78 is 8.26. The van der Waals surface area contributed by atoms with Gasteiger partial charge in [0.2, 0.25) is 0 Å². The Bertz CT molecular complexity index is 427. The van der Waals surface area contributed by atoms with Crippen molar-refractivity contribution in [2.75, 3.05) is 7.05 Å². The lowest BCUT2D eigenvalue weighted by molar-refractivity contribution is 0.670. The predicted molar refractivity (Wildman–Crippen MR) is 59.8 cm³/mol. The molecule has 0 aliphatic rings. The van der Waals surface area contributed by atoms with E-state index in [1.807, 2.05) is 19.3 Å². The van der Waals surface area contributed by atoms with Crippen LogP contribution in [0.4, 0.5) is 0 Å². The first-order valence-electron chi connectivity index (χ1n) is 4.68. The zero-order valence-corrected chi connectivity index (χ0v) is 9.45. The van der Waals surface area contributed by atoms with Gasteiger partial charge in [-0.25, -0.2) is 0 Å². The summed E-state index contributed by atoms with van der Waals surface area (Å²) in [4.78, 5) is 4.14. The molecule has 0 amide bonds. The Hall–Kier alpha value is -1.33. The second-order valence-electron chi connectivity index (χ2n) is 3.29. The van der Waals surface area contributed by atoms with Crippen LogP contribution in [0.15, 0.2) is 24.7 Å². The van der Waals surface area contributed by atoms with Crippen LogP contribution in [0, 0.1) is 6.92 Å². The van der Waals surface area contributed by atoms with E-state index in [0.717, 1.165) is 11.3 Å². The van der Waals surface area contributed by atoms with E-state index in [4.69, 9.17) is 0 Å². The molecule has 0 aliphatic carbocycles. The third-order valence-corrected chi connectivity index (χ3v) is 2.85. The van der Waals surface area contributed by atoms with Gasteiger partial charge in [0.05, 0.1) is 29.7 Å². The first-order chi connectivity index (χ1) is 7.33. The molecule has 1 unspecified atom stereocenters. The second kappa shape index (κ2) is 4.46. The molecule has 78 valence electrons. The van der Waals surface area contributed by atoms with Crippen molar-refractivity contribution in [1.29, 1.82) is 0 Å². The third-order valence-electron chi connectivity index (χ3n) is 2.35. The summed E-state index contributed by atoms with van der Waals surface area (Å²) in [5, 5.41) is 3.23. The minimum absolute atomic E-state index is 0.0810. The van der Waals surface area contributed by atoms with Crippen LogP contribution in [0.3, 0.4) is 0 Å². The molecule has 5 heteroatoms. The largest absolute Gasteiger partial charge is 0.308 e. The Morgan fingerprint density at radius 3 is 2.87 bits per heavy atom. The van der Waals surface area contributed by atoms with Gasteiger partial charge in [-0.1, -0.05) is 0 Å². The molecule has 15 heavy (non-hydrogen) atoms. The van der Waals surface area contributed by atoms with Crippen molar-refractivity contribution in [2.45, 2.75) is 13.0 Å². The van der Waals surface area contributed by atoms with E-state index in [9.17, 15) is 0 Å². The van der Waals surface area contributed by atoms with E-state index in [-0.39, 0.29) is 6.04 Å². The molecule has 0 bridgehead atoms. The lowest BCUT2D eigenvalue weighted by Crippen LogP contribution is -2.19. The number of hydrogen-bond donors (Lipinski definition) is 1. The molecule has 2 aromatic rings. The van der Waals surface area contributed by atoms with E-state index in [0.29, 0.717) is 0 Å². The van der Waals surface area contributed by atoms with Gasteiger partial charge in [-0.15, -0.1) is 0 Å². The number of nitrogens with zero attached hydrogens (tertiary/aromatic N) is 3. The van der Waals surface area contributed by atoms with Crippen LogP contribution in [0.5, 0.6) is 0 Å². The lowest BCUT2D eigenvalue weighted by atomic mass is 10.0. The van der Waals surface area contributed by atoms with E-state index < -0.39 is 0 Å². The number of hydrogen-bond acceptors (Lipinski definition) is 5. The Morgan fingerprint density at radius 1 is 1.40 bits per heavy atom. The zero-order chi connectivity index (χ0) is 10.7. The Balaban J connectivity index is 2.40. The third kappa shape index (κ3) is 2.03. The highest BCUT2D eigenvalue weighted by atomic mass is 32.1. The molecule has 2 aromatic heterocycles. The second-order valence-corrected chi connectivity index (χ2v) is 3.84. The summed E-state index contributed by atoms with van der Waals surface area (Å²) >= 11 is 1.22. The van der Waals surface area contributed by atoms with Crippen LogP contribution >= 0.6 is 11.7 Å². The molecule has 0 aromatic carbocycles. The maximum absolute atomic E-state index is 4.25. The van der Waals surface area contributed by atoms with Crippen LogP contribution in [0.2, 0.25) is 0 Å². The summed E-state index contributed by atoms with van der Waals surface area (Å²) in [5.41, 5.74) is 3.30. The van der Waals surface area contributed by atoms with Crippen LogP contribution in [-0.4, -0.2) is 20.8 Å². The normalized spacial score (nSPS) is 12.7. The standard InChI is InChI=1S/C10H12N4S/c1-7-3-4-12-5-8(7)10(11-2)9-6-13-15-14-9/h3-6,10-11H,1-2H3. The fourth-order valence-corrected chi connectivity index (χ4v) is 1.99. The molecule has 0 fully saturated rings. The van der Waals surface area contributed by atoms with Crippen molar-refractivity contribution in [3.8, 4) is 0 Å². The van der Waals surface area contributed by atoms with Crippen molar-refractivity contribution >= 4 is 11.7 Å². The van der Waals surface area contributed by atoms with Crippen molar-refractivity contribution in [3.05, 3.63) is 41.5 Å². The lowest BCUT2D eigenvalue weighted by Gasteiger charge is -2.15. The molecule has 0 aliphatic heterocycles. The average molecular weight is 220 g/mol. The molecule has 4 nitrogen and oxygen atoms in total. The fraction of sp³-hybridized carbons (Fsp3) is 0.300. The van der Waals surface area contributed by atoms with Crippen molar-refractivity contribution in [2.24, 2.45) is 0 Å². The molecule has 0 saturated heterocycles. The van der Waals surface area contributed by atoms with E-state index in [2.05, 4.69) is 26.0 Å². The van der Waals surface area contributed by atoms with Gasteiger partial charge >= 0.3 is 0 Å². The number of aromatic nitrogens is 3. The Kier molecular flexibility index (Phi) is 3.03. The zero-order valence-electron chi connectivity index (χ0n) is 8.64. The molecule has 0 saturated carbocycles. The summed E-state index contributed by atoms with van der Waals surface area (Å²) in [7, 11) is 1.91. The highest BCUT2D eigenvalue weighted by Gasteiger charge is 2.16. The molecule has 0 spiro atoms. The van der Waals surface area contributed by atoms with Crippen LogP contribution < -0.4 is 5.32 Å². The summed E-state index contributed by atoms with van der Waals surface area (Å²) in [6.07, 6.45) is 5.46. The van der Waals surface area contributed by atoms with Gasteiger partial charge in [0, 0.05) is 12.4 Å². The molecule has 1 atom stereocenters. The van der Waals surface area contributed by atoms with E-state index in [1.165, 1.54) is 17.3 Å². The highest BCUT2D eigenvalue weighted by molar-refractivity contribution is 6.99. The maximum Gasteiger partial charge on any atom is 0.0958 e. The minimum Gasteiger partial charge on any atom is -0.308 e. The molecular formula is C10H12N4S. The molecule has 2 rings (SSSR count). The Morgan fingerprint density at radius 2 is 2.27 bits per heavy atom. The number of nitrogens with one attached hydrogen (secondary N) is 1. The smallest absolute Gasteiger partial charge is 0.0958 e. The van der Waals surface area contributed by atoms with Crippen molar-refractivity contribution in [3.63, 3.8) is 0 Å².